The van der Waals surface area contributed by atoms with Gasteiger partial charge in [0.25, 0.3) is 5.91 Å². The van der Waals surface area contributed by atoms with E-state index in [2.05, 4.69) is 17.0 Å². The average molecular weight is 554 g/mol. The van der Waals surface area contributed by atoms with Crippen LogP contribution in [0.5, 0.6) is 0 Å². The first-order valence-electron chi connectivity index (χ1n) is 13.2. The molecule has 2 aliphatic rings. The summed E-state index contributed by atoms with van der Waals surface area (Å²) in [5, 5.41) is 3.08. The molecule has 2 heterocycles. The number of hydrogen-bond donors (Lipinski definition) is 2. The van der Waals surface area contributed by atoms with Crippen LogP contribution in [-0.2, 0) is 28.8 Å². The number of alkyl halides is 3. The van der Waals surface area contributed by atoms with E-state index in [0.717, 1.165) is 37.4 Å². The minimum Gasteiger partial charge on any atom is -0.593 e. The fraction of sp³-hybridized carbons (Fsp3) is 0.607. The van der Waals surface area contributed by atoms with E-state index in [1.807, 2.05) is 11.5 Å². The van der Waals surface area contributed by atoms with Crippen LogP contribution in [0.1, 0.15) is 75.0 Å². The highest BCUT2D eigenvalue weighted by Gasteiger charge is 2.39. The molecule has 1 aliphatic carbocycles. The minimum absolute atomic E-state index is 0.0105. The van der Waals surface area contributed by atoms with Gasteiger partial charge in [0.15, 0.2) is 4.90 Å². The number of benzene rings is 1. The largest absolute Gasteiger partial charge is 0.593 e. The van der Waals surface area contributed by atoms with Crippen LogP contribution in [0.15, 0.2) is 29.2 Å². The topological polar surface area (TPSA) is 78.3 Å². The maximum absolute atomic E-state index is 14.2. The fourth-order valence-electron chi connectivity index (χ4n) is 5.34. The Hall–Kier alpha value is -2.01. The third kappa shape index (κ3) is 6.76. The molecule has 1 atom stereocenters. The van der Waals surface area contributed by atoms with Crippen LogP contribution >= 0.6 is 0 Å². The van der Waals surface area contributed by atoms with Crippen LogP contribution in [0.25, 0.3) is 11.3 Å². The number of nitrogens with zero attached hydrogens (tertiary/aromatic N) is 1. The molecule has 38 heavy (non-hydrogen) atoms. The standard InChI is InChI=1S/C28H38F3N3O3S/c1-17-12-19(13-17)16-34-18(2)22(26(35)32-21-8-10-37-11-9-21)15-24(34)20-6-7-25(23(14-20)28(29,30)31)38(36)33-27(3,4)5/h6-7,14-15,17,19,21,33H,8-13,16H2,1-5H3,(H,32,35). The second-order valence-electron chi connectivity index (χ2n) is 11.8. The van der Waals surface area contributed by atoms with Gasteiger partial charge >= 0.3 is 6.18 Å². The third-order valence-electron chi connectivity index (χ3n) is 7.26. The Morgan fingerprint density at radius 3 is 2.39 bits per heavy atom. The molecule has 1 saturated heterocycles. The Morgan fingerprint density at radius 2 is 1.82 bits per heavy atom. The highest BCUT2D eigenvalue weighted by atomic mass is 32.2. The van der Waals surface area contributed by atoms with E-state index in [0.29, 0.717) is 48.4 Å². The number of halogens is 3. The highest BCUT2D eigenvalue weighted by Crippen LogP contribution is 2.40. The molecular weight excluding hydrogens is 515 g/mol. The van der Waals surface area contributed by atoms with Gasteiger partial charge in [0, 0.05) is 37.2 Å². The summed E-state index contributed by atoms with van der Waals surface area (Å²) in [6.45, 7) is 11.1. The molecular formula is C28H38F3N3O3S. The fourth-order valence-corrected chi connectivity index (χ4v) is 6.57. The normalized spacial score (nSPS) is 21.7. The lowest BCUT2D eigenvalue weighted by atomic mass is 9.76. The number of carbonyl (C=O) groups is 1. The lowest BCUT2D eigenvalue weighted by Crippen LogP contribution is -2.41. The molecule has 1 aliphatic heterocycles. The molecule has 2 aromatic rings. The average Bonchev–Trinajstić information content (AvgIpc) is 3.13. The van der Waals surface area contributed by atoms with E-state index in [9.17, 15) is 22.5 Å². The Bertz CT molecular complexity index is 1150. The van der Waals surface area contributed by atoms with Crippen LogP contribution in [0.3, 0.4) is 0 Å². The van der Waals surface area contributed by atoms with Crippen molar-refractivity contribution in [2.75, 3.05) is 13.2 Å². The molecule has 1 unspecified atom stereocenters. The smallest absolute Gasteiger partial charge is 0.421 e. The molecule has 1 aromatic carbocycles. The quantitative estimate of drug-likeness (QED) is 0.422. The summed E-state index contributed by atoms with van der Waals surface area (Å²) < 4.78 is 65.5. The van der Waals surface area contributed by atoms with Crippen LogP contribution in [0, 0.1) is 18.8 Å². The van der Waals surface area contributed by atoms with Gasteiger partial charge in [0.2, 0.25) is 0 Å². The molecule has 6 nitrogen and oxygen atoms in total. The van der Waals surface area contributed by atoms with Crippen LogP contribution in [-0.4, -0.2) is 39.8 Å². The van der Waals surface area contributed by atoms with Gasteiger partial charge in [-0.1, -0.05) is 6.92 Å². The number of hydrogen-bond acceptors (Lipinski definition) is 4. The Morgan fingerprint density at radius 1 is 1.16 bits per heavy atom. The van der Waals surface area contributed by atoms with Crippen molar-refractivity contribution in [3.8, 4) is 11.3 Å². The Labute approximate surface area is 226 Å². The van der Waals surface area contributed by atoms with Crippen LogP contribution < -0.4 is 10.0 Å². The van der Waals surface area contributed by atoms with Crippen LogP contribution in [0.4, 0.5) is 13.2 Å². The van der Waals surface area contributed by atoms with E-state index in [1.165, 1.54) is 6.07 Å². The van der Waals surface area contributed by atoms with Gasteiger partial charge in [-0.3, -0.25) is 4.79 Å². The van der Waals surface area contributed by atoms with Gasteiger partial charge in [-0.15, -0.1) is 4.72 Å². The molecule has 2 fully saturated rings. The molecule has 0 spiro atoms. The first-order valence-corrected chi connectivity index (χ1v) is 14.4. The summed E-state index contributed by atoms with van der Waals surface area (Å²) in [4.78, 5) is 13.0. The Balaban J connectivity index is 1.73. The van der Waals surface area contributed by atoms with Gasteiger partial charge < -0.3 is 19.2 Å². The van der Waals surface area contributed by atoms with E-state index >= 15 is 0 Å². The molecule has 1 saturated carbocycles. The summed E-state index contributed by atoms with van der Waals surface area (Å²) in [6.07, 6.45) is -1.14. The summed E-state index contributed by atoms with van der Waals surface area (Å²) in [5.41, 5.74) is 0.528. The maximum atomic E-state index is 14.2. The zero-order chi connectivity index (χ0) is 27.8. The maximum Gasteiger partial charge on any atom is 0.421 e. The summed E-state index contributed by atoms with van der Waals surface area (Å²) in [5.74, 6) is 0.808. The predicted molar refractivity (Wildman–Crippen MR) is 142 cm³/mol. The number of amides is 1. The van der Waals surface area contributed by atoms with Crippen molar-refractivity contribution >= 4 is 17.3 Å². The van der Waals surface area contributed by atoms with E-state index < -0.39 is 28.6 Å². The first-order chi connectivity index (χ1) is 17.7. The number of carbonyl (C=O) groups excluding carboxylic acids is 1. The van der Waals surface area contributed by atoms with Crippen molar-refractivity contribution in [2.24, 2.45) is 11.8 Å². The molecule has 10 heteroatoms. The number of nitrogens with one attached hydrogen (secondary N) is 2. The van der Waals surface area contributed by atoms with Gasteiger partial charge in [0.1, 0.15) is 5.56 Å². The molecule has 1 aromatic heterocycles. The molecule has 210 valence electrons. The second kappa shape index (κ2) is 11.2. The van der Waals surface area contributed by atoms with Crippen molar-refractivity contribution in [2.45, 2.75) is 89.5 Å². The number of ether oxygens (including phenoxy) is 1. The lowest BCUT2D eigenvalue weighted by Gasteiger charge is -2.34. The summed E-state index contributed by atoms with van der Waals surface area (Å²) in [7, 11) is 0. The number of rotatable bonds is 7. The van der Waals surface area contributed by atoms with Gasteiger partial charge in [-0.2, -0.15) is 13.2 Å². The summed E-state index contributed by atoms with van der Waals surface area (Å²) in [6, 6.07) is 5.63. The van der Waals surface area contributed by atoms with Gasteiger partial charge in [-0.05, 0) is 95.0 Å². The van der Waals surface area contributed by atoms with Crippen LogP contribution in [0.2, 0.25) is 0 Å². The van der Waals surface area contributed by atoms with E-state index in [4.69, 9.17) is 4.74 Å². The third-order valence-corrected chi connectivity index (χ3v) is 8.81. The Kier molecular flexibility index (Phi) is 8.57. The van der Waals surface area contributed by atoms with E-state index in [1.54, 1.807) is 32.9 Å². The summed E-state index contributed by atoms with van der Waals surface area (Å²) >= 11 is -2.05. The minimum atomic E-state index is -4.69. The lowest BCUT2D eigenvalue weighted by molar-refractivity contribution is -0.139. The second-order valence-corrected chi connectivity index (χ2v) is 13.0. The van der Waals surface area contributed by atoms with Crippen molar-refractivity contribution in [1.29, 1.82) is 0 Å². The van der Waals surface area contributed by atoms with Gasteiger partial charge in [-0.25, -0.2) is 0 Å². The monoisotopic (exact) mass is 553 g/mol. The SMILES string of the molecule is Cc1c(C(=O)NC2CCOCC2)cc(-c2ccc([S+]([O-])NC(C)(C)C)c(C(F)(F)F)c2)n1CC1CC(C)C1. The molecule has 2 N–H and O–H groups in total. The molecule has 0 radical (unpaired) electrons. The zero-order valence-corrected chi connectivity index (χ0v) is 23.5. The first kappa shape index (κ1) is 29.0. The zero-order valence-electron chi connectivity index (χ0n) is 22.7. The molecule has 1 amide bonds. The number of aromatic nitrogens is 1. The van der Waals surface area contributed by atoms with Crippen molar-refractivity contribution < 1.29 is 27.3 Å². The highest BCUT2D eigenvalue weighted by molar-refractivity contribution is 7.89. The molecule has 0 bridgehead atoms. The van der Waals surface area contributed by atoms with E-state index in [-0.39, 0.29) is 16.8 Å². The van der Waals surface area contributed by atoms with Crippen molar-refractivity contribution in [3.63, 3.8) is 0 Å². The van der Waals surface area contributed by atoms with Gasteiger partial charge in [0.05, 0.1) is 22.5 Å². The van der Waals surface area contributed by atoms with Crippen molar-refractivity contribution in [1.82, 2.24) is 14.6 Å². The predicted octanol–water partition coefficient (Wildman–Crippen LogP) is 5.85. The molecule has 4 rings (SSSR count). The van der Waals surface area contributed by atoms with Crippen molar-refractivity contribution in [3.05, 3.63) is 41.1 Å².